The van der Waals surface area contributed by atoms with Gasteiger partial charge in [0.15, 0.2) is 16.4 Å². The number of benzene rings is 1. The van der Waals surface area contributed by atoms with Crippen molar-refractivity contribution < 1.29 is 27.7 Å². The zero-order chi connectivity index (χ0) is 19.3. The highest BCUT2D eigenvalue weighted by molar-refractivity contribution is 7.91. The molecular weight excluding hydrogens is 364 g/mol. The minimum absolute atomic E-state index is 0.0289. The maximum absolute atomic E-state index is 12.4. The monoisotopic (exact) mass is 384 g/mol. The van der Waals surface area contributed by atoms with Gasteiger partial charge < -0.3 is 9.64 Å². The number of nitrogens with zero attached hydrogens (tertiary/aromatic N) is 2. The highest BCUT2D eigenvalue weighted by Gasteiger charge is 2.34. The van der Waals surface area contributed by atoms with Crippen LogP contribution >= 0.6 is 0 Å². The molecule has 1 aliphatic rings. The lowest BCUT2D eigenvalue weighted by Crippen LogP contribution is -2.43. The fourth-order valence-electron chi connectivity index (χ4n) is 2.87. The van der Waals surface area contributed by atoms with Crippen LogP contribution in [0.15, 0.2) is 24.3 Å². The Morgan fingerprint density at radius 2 is 2.04 bits per heavy atom. The average molecular weight is 384 g/mol. The number of sulfone groups is 1. The van der Waals surface area contributed by atoms with Gasteiger partial charge in [-0.1, -0.05) is 19.1 Å². The van der Waals surface area contributed by atoms with E-state index in [2.05, 4.69) is 0 Å². The summed E-state index contributed by atoms with van der Waals surface area (Å²) < 4.78 is 28.2. The largest absolute Gasteiger partial charge is 0.452 e. The molecule has 0 bridgehead atoms. The Balaban J connectivity index is 2.04. The summed E-state index contributed by atoms with van der Waals surface area (Å²) in [5.41, 5.74) is -0.645. The van der Waals surface area contributed by atoms with Crippen molar-refractivity contribution in [1.82, 2.24) is 4.90 Å². The quantitative estimate of drug-likeness (QED) is 0.393. The Bertz CT molecular complexity index is 807. The van der Waals surface area contributed by atoms with Gasteiger partial charge in [0.2, 0.25) is 0 Å². The highest BCUT2D eigenvalue weighted by atomic mass is 32.2. The van der Waals surface area contributed by atoms with Crippen molar-refractivity contribution in [3.05, 3.63) is 39.9 Å². The van der Waals surface area contributed by atoms with Crippen LogP contribution in [0, 0.1) is 10.1 Å². The minimum atomic E-state index is -3.16. The Morgan fingerprint density at radius 3 is 2.62 bits per heavy atom. The molecule has 1 saturated heterocycles. The summed E-state index contributed by atoms with van der Waals surface area (Å²) in [4.78, 5) is 36.2. The summed E-state index contributed by atoms with van der Waals surface area (Å²) in [6, 6.07) is 4.86. The third-order valence-electron chi connectivity index (χ3n) is 4.08. The number of hydrogen-bond acceptors (Lipinski definition) is 7. The molecule has 1 atom stereocenters. The van der Waals surface area contributed by atoms with E-state index in [9.17, 15) is 28.1 Å². The second kappa shape index (κ2) is 8.26. The summed E-state index contributed by atoms with van der Waals surface area (Å²) in [5.74, 6) is -1.56. The SMILES string of the molecule is CCCN(C(=O)COC(=O)c1ccccc1[N+](=O)[O-])[C@H]1CCS(=O)(=O)C1. The van der Waals surface area contributed by atoms with Gasteiger partial charge in [-0.25, -0.2) is 13.2 Å². The van der Waals surface area contributed by atoms with E-state index in [0.29, 0.717) is 19.4 Å². The Hall–Kier alpha value is -2.49. The lowest BCUT2D eigenvalue weighted by atomic mass is 10.2. The normalized spacial score (nSPS) is 18.3. The molecule has 26 heavy (non-hydrogen) atoms. The van der Waals surface area contributed by atoms with Crippen LogP contribution in [0.2, 0.25) is 0 Å². The molecule has 9 nitrogen and oxygen atoms in total. The van der Waals surface area contributed by atoms with Crippen molar-refractivity contribution in [2.45, 2.75) is 25.8 Å². The highest BCUT2D eigenvalue weighted by Crippen LogP contribution is 2.20. The first-order valence-electron chi connectivity index (χ1n) is 8.15. The molecule has 0 saturated carbocycles. The van der Waals surface area contributed by atoms with Crippen molar-refractivity contribution in [3.8, 4) is 0 Å². The molecule has 0 unspecified atom stereocenters. The second-order valence-electron chi connectivity index (χ2n) is 5.99. The molecule has 0 N–H and O–H groups in total. The van der Waals surface area contributed by atoms with Crippen molar-refractivity contribution in [2.75, 3.05) is 24.7 Å². The number of ether oxygens (including phenoxy) is 1. The molecule has 1 aromatic carbocycles. The lowest BCUT2D eigenvalue weighted by molar-refractivity contribution is -0.385. The van der Waals surface area contributed by atoms with Crippen LogP contribution in [0.5, 0.6) is 0 Å². The number of nitro benzene ring substituents is 1. The van der Waals surface area contributed by atoms with Crippen LogP contribution in [0.25, 0.3) is 0 Å². The van der Waals surface area contributed by atoms with E-state index in [1.165, 1.54) is 29.2 Å². The van der Waals surface area contributed by atoms with E-state index in [1.54, 1.807) is 0 Å². The zero-order valence-corrected chi connectivity index (χ0v) is 15.1. The molecule has 0 aromatic heterocycles. The molecule has 1 aliphatic heterocycles. The number of para-hydroxylation sites is 1. The maximum Gasteiger partial charge on any atom is 0.345 e. The van der Waals surface area contributed by atoms with Crippen molar-refractivity contribution in [3.63, 3.8) is 0 Å². The van der Waals surface area contributed by atoms with Crippen LogP contribution in [0.1, 0.15) is 30.1 Å². The van der Waals surface area contributed by atoms with Crippen LogP contribution in [-0.4, -0.2) is 60.8 Å². The van der Waals surface area contributed by atoms with Crippen molar-refractivity contribution in [2.24, 2.45) is 0 Å². The summed E-state index contributed by atoms with van der Waals surface area (Å²) in [5, 5.41) is 11.0. The third kappa shape index (κ3) is 4.78. The fourth-order valence-corrected chi connectivity index (χ4v) is 4.60. The third-order valence-corrected chi connectivity index (χ3v) is 5.83. The number of amides is 1. The van der Waals surface area contributed by atoms with E-state index in [-0.39, 0.29) is 17.1 Å². The molecule has 1 amide bonds. The predicted octanol–water partition coefficient (Wildman–Crippen LogP) is 1.18. The summed E-state index contributed by atoms with van der Waals surface area (Å²) in [6.07, 6.45) is 0.979. The van der Waals surface area contributed by atoms with Crippen molar-refractivity contribution in [1.29, 1.82) is 0 Å². The summed E-state index contributed by atoms with van der Waals surface area (Å²) >= 11 is 0. The minimum Gasteiger partial charge on any atom is -0.452 e. The number of carbonyl (C=O) groups is 2. The van der Waals surface area contributed by atoms with Gasteiger partial charge in [0, 0.05) is 18.7 Å². The Labute approximate surface area is 151 Å². The molecule has 1 fully saturated rings. The lowest BCUT2D eigenvalue weighted by Gasteiger charge is -2.27. The van der Waals surface area contributed by atoms with Crippen LogP contribution in [-0.2, 0) is 19.4 Å². The molecular formula is C16H20N2O7S. The zero-order valence-electron chi connectivity index (χ0n) is 14.3. The number of hydrogen-bond donors (Lipinski definition) is 0. The van der Waals surface area contributed by atoms with Gasteiger partial charge in [-0.15, -0.1) is 0 Å². The maximum atomic E-state index is 12.4. The standard InChI is InChI=1S/C16H20N2O7S/c1-2-8-17(12-7-9-26(23,24)11-12)15(19)10-25-16(20)13-5-3-4-6-14(13)18(21)22/h3-6,12H,2,7-11H2,1H3/t12-/m0/s1. The van der Waals surface area contributed by atoms with Gasteiger partial charge in [0.25, 0.3) is 11.6 Å². The van der Waals surface area contributed by atoms with E-state index in [0.717, 1.165) is 0 Å². The first kappa shape index (κ1) is 19.8. The van der Waals surface area contributed by atoms with Crippen LogP contribution in [0.4, 0.5) is 5.69 Å². The smallest absolute Gasteiger partial charge is 0.345 e. The molecule has 0 spiro atoms. The van der Waals surface area contributed by atoms with Gasteiger partial charge in [-0.05, 0) is 18.9 Å². The summed E-state index contributed by atoms with van der Waals surface area (Å²) in [6.45, 7) is 1.60. The van der Waals surface area contributed by atoms with E-state index in [1.807, 2.05) is 6.92 Å². The van der Waals surface area contributed by atoms with Crippen molar-refractivity contribution >= 4 is 27.4 Å². The average Bonchev–Trinajstić information content (AvgIpc) is 2.96. The first-order valence-corrected chi connectivity index (χ1v) is 9.97. The van der Waals surface area contributed by atoms with Gasteiger partial charge in [-0.3, -0.25) is 14.9 Å². The Kier molecular flexibility index (Phi) is 6.30. The van der Waals surface area contributed by atoms with Crippen LogP contribution in [0.3, 0.4) is 0 Å². The number of esters is 1. The topological polar surface area (TPSA) is 124 Å². The van der Waals surface area contributed by atoms with Crippen LogP contribution < -0.4 is 0 Å². The fraction of sp³-hybridized carbons (Fsp3) is 0.500. The Morgan fingerprint density at radius 1 is 1.35 bits per heavy atom. The molecule has 10 heteroatoms. The van der Waals surface area contributed by atoms with Gasteiger partial charge in [0.1, 0.15) is 5.56 Å². The molecule has 142 valence electrons. The predicted molar refractivity (Wildman–Crippen MR) is 92.4 cm³/mol. The number of nitro groups is 1. The molecule has 1 aromatic rings. The van der Waals surface area contributed by atoms with E-state index >= 15 is 0 Å². The van der Waals surface area contributed by atoms with E-state index < -0.39 is 45.0 Å². The molecule has 0 aliphatic carbocycles. The molecule has 1 heterocycles. The first-order chi connectivity index (χ1) is 12.2. The number of carbonyl (C=O) groups excluding carboxylic acids is 2. The van der Waals surface area contributed by atoms with Gasteiger partial charge in [0.05, 0.1) is 16.4 Å². The summed E-state index contributed by atoms with van der Waals surface area (Å²) in [7, 11) is -3.16. The van der Waals surface area contributed by atoms with Gasteiger partial charge >= 0.3 is 5.97 Å². The molecule has 0 radical (unpaired) electrons. The number of rotatable bonds is 7. The molecule has 2 rings (SSSR count). The second-order valence-corrected chi connectivity index (χ2v) is 8.22. The van der Waals surface area contributed by atoms with E-state index in [4.69, 9.17) is 4.74 Å². The van der Waals surface area contributed by atoms with Gasteiger partial charge in [-0.2, -0.15) is 0 Å².